The maximum atomic E-state index is 6.36. The molecule has 0 radical (unpaired) electrons. The van der Waals surface area contributed by atoms with Crippen LogP contribution in [0.3, 0.4) is 0 Å². The van der Waals surface area contributed by atoms with Gasteiger partial charge in [-0.3, -0.25) is 4.98 Å². The number of pyridine rings is 1. The van der Waals surface area contributed by atoms with Crippen molar-refractivity contribution in [3.63, 3.8) is 0 Å². The van der Waals surface area contributed by atoms with Gasteiger partial charge in [0.2, 0.25) is 0 Å². The molecular weight excluding hydrogens is 365 g/mol. The van der Waals surface area contributed by atoms with Crippen LogP contribution in [0.15, 0.2) is 79.1 Å². The van der Waals surface area contributed by atoms with Crippen LogP contribution in [0, 0.1) is 0 Å². The minimum absolute atomic E-state index is 0.572. The molecule has 128 valence electrons. The summed E-state index contributed by atoms with van der Waals surface area (Å²) in [5, 5.41) is 3.43. The first-order valence-electron chi connectivity index (χ1n) is 8.23. The van der Waals surface area contributed by atoms with Crippen molar-refractivity contribution in [3.05, 3.63) is 100 Å². The van der Waals surface area contributed by atoms with Crippen LogP contribution in [-0.2, 0) is 6.42 Å². The van der Waals surface area contributed by atoms with Gasteiger partial charge in [-0.25, -0.2) is 0 Å². The molecule has 4 heteroatoms. The average Bonchev–Trinajstić information content (AvgIpc) is 2.66. The van der Waals surface area contributed by atoms with Crippen molar-refractivity contribution < 1.29 is 4.74 Å². The number of fused-ring (bicyclic) bond motifs is 1. The lowest BCUT2D eigenvalue weighted by Gasteiger charge is -2.14. The van der Waals surface area contributed by atoms with Gasteiger partial charge in [-0.05, 0) is 52.9 Å². The molecule has 2 nitrogen and oxygen atoms in total. The second-order valence-corrected chi connectivity index (χ2v) is 6.80. The number of halogens is 2. The van der Waals surface area contributed by atoms with Gasteiger partial charge in [0.25, 0.3) is 0 Å². The molecule has 1 aromatic heterocycles. The van der Waals surface area contributed by atoms with Gasteiger partial charge in [0.15, 0.2) is 0 Å². The number of aromatic nitrogens is 1. The predicted octanol–water partition coefficient (Wildman–Crippen LogP) is 6.92. The minimum atomic E-state index is 0.572. The molecule has 0 aliphatic heterocycles. The Kier molecular flexibility index (Phi) is 4.79. The third kappa shape index (κ3) is 3.52. The molecule has 0 saturated carbocycles. The van der Waals surface area contributed by atoms with Crippen LogP contribution in [0.4, 0.5) is 0 Å². The molecule has 0 fully saturated rings. The minimum Gasteiger partial charge on any atom is -0.455 e. The van der Waals surface area contributed by atoms with Crippen LogP contribution < -0.4 is 4.74 Å². The van der Waals surface area contributed by atoms with Gasteiger partial charge < -0.3 is 4.74 Å². The molecule has 0 atom stereocenters. The molecule has 0 saturated heterocycles. The van der Waals surface area contributed by atoms with Crippen LogP contribution in [0.2, 0.25) is 10.0 Å². The lowest BCUT2D eigenvalue weighted by molar-refractivity contribution is 0.478. The lowest BCUT2D eigenvalue weighted by Crippen LogP contribution is -1.96. The summed E-state index contributed by atoms with van der Waals surface area (Å²) in [7, 11) is 0. The number of hydrogen-bond donors (Lipinski definition) is 0. The molecule has 0 amide bonds. The van der Waals surface area contributed by atoms with E-state index < -0.39 is 0 Å². The van der Waals surface area contributed by atoms with Crippen molar-refractivity contribution in [1.82, 2.24) is 4.98 Å². The Balaban J connectivity index is 1.81. The maximum absolute atomic E-state index is 6.36. The molecule has 4 rings (SSSR count). The van der Waals surface area contributed by atoms with Gasteiger partial charge >= 0.3 is 0 Å². The summed E-state index contributed by atoms with van der Waals surface area (Å²) in [6.45, 7) is 0. The molecule has 0 unspecified atom stereocenters. The molecule has 0 aliphatic rings. The fourth-order valence-electron chi connectivity index (χ4n) is 2.89. The molecule has 4 aromatic rings. The molecular formula is C22H15Cl2NO. The monoisotopic (exact) mass is 379 g/mol. The predicted molar refractivity (Wildman–Crippen MR) is 108 cm³/mol. The highest BCUT2D eigenvalue weighted by molar-refractivity contribution is 6.32. The summed E-state index contributed by atoms with van der Waals surface area (Å²) in [5.74, 6) is 1.37. The van der Waals surface area contributed by atoms with Crippen LogP contribution in [0.25, 0.3) is 10.8 Å². The van der Waals surface area contributed by atoms with Crippen molar-refractivity contribution in [1.29, 1.82) is 0 Å². The Morgan fingerprint density at radius 3 is 2.31 bits per heavy atom. The summed E-state index contributed by atoms with van der Waals surface area (Å²) in [6, 6.07) is 21.4. The first-order chi connectivity index (χ1) is 12.7. The van der Waals surface area contributed by atoms with Gasteiger partial charge in [-0.15, -0.1) is 0 Å². The average molecular weight is 380 g/mol. The number of rotatable bonds is 4. The van der Waals surface area contributed by atoms with Gasteiger partial charge in [0, 0.05) is 29.2 Å². The van der Waals surface area contributed by atoms with Gasteiger partial charge in [0.1, 0.15) is 11.5 Å². The second kappa shape index (κ2) is 7.36. The smallest absolute Gasteiger partial charge is 0.146 e. The number of hydrogen-bond acceptors (Lipinski definition) is 2. The SMILES string of the molecule is Clc1ccccc1Cc1cc2ccncc2cc1Oc1ccccc1Cl. The number of para-hydroxylation sites is 1. The Morgan fingerprint density at radius 1 is 0.731 bits per heavy atom. The molecule has 3 aromatic carbocycles. The Morgan fingerprint density at radius 2 is 1.50 bits per heavy atom. The highest BCUT2D eigenvalue weighted by atomic mass is 35.5. The Hall–Kier alpha value is -2.55. The largest absolute Gasteiger partial charge is 0.455 e. The first kappa shape index (κ1) is 16.9. The molecule has 0 aliphatic carbocycles. The standard InChI is InChI=1S/C22H15Cl2NO/c23-19-6-2-1-5-16(19)12-17-11-15-9-10-25-14-18(15)13-22(17)26-21-8-4-3-7-20(21)24/h1-11,13-14H,12H2. The Bertz CT molecular complexity index is 992. The van der Waals surface area contributed by atoms with E-state index in [2.05, 4.69) is 11.1 Å². The van der Waals surface area contributed by atoms with Crippen LogP contribution in [-0.4, -0.2) is 4.98 Å². The fourth-order valence-corrected chi connectivity index (χ4v) is 3.27. The fraction of sp³-hybridized carbons (Fsp3) is 0.0455. The quantitative estimate of drug-likeness (QED) is 0.383. The third-order valence-corrected chi connectivity index (χ3v) is 4.90. The van der Waals surface area contributed by atoms with Gasteiger partial charge in [-0.2, -0.15) is 0 Å². The van der Waals surface area contributed by atoms with Crippen molar-refractivity contribution in [2.24, 2.45) is 0 Å². The summed E-state index contributed by atoms with van der Waals surface area (Å²) < 4.78 is 6.16. The van der Waals surface area contributed by atoms with E-state index in [0.29, 0.717) is 17.2 Å². The van der Waals surface area contributed by atoms with Crippen molar-refractivity contribution >= 4 is 34.0 Å². The summed E-state index contributed by atoms with van der Waals surface area (Å²) >= 11 is 12.6. The van der Waals surface area contributed by atoms with E-state index in [1.165, 1.54) is 0 Å². The van der Waals surface area contributed by atoms with Gasteiger partial charge in [0.05, 0.1) is 5.02 Å². The first-order valence-corrected chi connectivity index (χ1v) is 8.99. The molecule has 1 heterocycles. The van der Waals surface area contributed by atoms with E-state index in [1.807, 2.05) is 66.9 Å². The van der Waals surface area contributed by atoms with Gasteiger partial charge in [-0.1, -0.05) is 53.5 Å². The van der Waals surface area contributed by atoms with E-state index in [9.17, 15) is 0 Å². The summed E-state index contributed by atoms with van der Waals surface area (Å²) in [6.07, 6.45) is 4.28. The van der Waals surface area contributed by atoms with Crippen LogP contribution in [0.5, 0.6) is 11.5 Å². The van der Waals surface area contributed by atoms with Crippen LogP contribution in [0.1, 0.15) is 11.1 Å². The van der Waals surface area contributed by atoms with E-state index in [1.54, 1.807) is 6.20 Å². The second-order valence-electron chi connectivity index (χ2n) is 5.98. The zero-order valence-electron chi connectivity index (χ0n) is 13.8. The van der Waals surface area contributed by atoms with E-state index >= 15 is 0 Å². The number of nitrogens with zero attached hydrogens (tertiary/aromatic N) is 1. The highest BCUT2D eigenvalue weighted by Gasteiger charge is 2.12. The molecule has 0 spiro atoms. The van der Waals surface area contributed by atoms with E-state index in [0.717, 1.165) is 32.7 Å². The number of ether oxygens (including phenoxy) is 1. The van der Waals surface area contributed by atoms with Crippen molar-refractivity contribution in [2.45, 2.75) is 6.42 Å². The molecule has 26 heavy (non-hydrogen) atoms. The summed E-state index contributed by atoms with van der Waals surface area (Å²) in [5.41, 5.74) is 2.09. The zero-order valence-corrected chi connectivity index (χ0v) is 15.3. The van der Waals surface area contributed by atoms with Crippen LogP contribution >= 0.6 is 23.2 Å². The normalized spacial score (nSPS) is 10.8. The number of benzene rings is 3. The van der Waals surface area contributed by atoms with Crippen molar-refractivity contribution in [3.8, 4) is 11.5 Å². The van der Waals surface area contributed by atoms with Crippen molar-refractivity contribution in [2.75, 3.05) is 0 Å². The van der Waals surface area contributed by atoms with E-state index in [4.69, 9.17) is 27.9 Å². The summed E-state index contributed by atoms with van der Waals surface area (Å²) in [4.78, 5) is 4.20. The molecule has 0 bridgehead atoms. The van der Waals surface area contributed by atoms with E-state index in [-0.39, 0.29) is 0 Å². The maximum Gasteiger partial charge on any atom is 0.146 e. The topological polar surface area (TPSA) is 22.1 Å². The highest BCUT2D eigenvalue weighted by Crippen LogP contribution is 2.35. The lowest BCUT2D eigenvalue weighted by atomic mass is 10.0. The Labute approximate surface area is 162 Å². The zero-order chi connectivity index (χ0) is 17.9. The third-order valence-electron chi connectivity index (χ3n) is 4.22. The molecule has 0 N–H and O–H groups in total.